The number of halogens is 2. The standard InChI is InChI=1S/C16H14Cl2N2O4S/c1-2-9-19(11-12-3-5-13(6-4-12)20(21)22)25(23,24)14-7-8-15(17)16(18)10-14/h2-8,10H,1,9,11H2. The first-order valence-electron chi connectivity index (χ1n) is 7.05. The summed E-state index contributed by atoms with van der Waals surface area (Å²) in [5.41, 5.74) is 0.544. The third-order valence-electron chi connectivity index (χ3n) is 3.37. The molecule has 0 spiro atoms. The zero-order valence-corrected chi connectivity index (χ0v) is 15.3. The van der Waals surface area contributed by atoms with Crippen LogP contribution in [-0.2, 0) is 16.6 Å². The summed E-state index contributed by atoms with van der Waals surface area (Å²) in [5, 5.41) is 11.1. The molecular formula is C16H14Cl2N2O4S. The van der Waals surface area contributed by atoms with E-state index in [-0.39, 0.29) is 33.7 Å². The lowest BCUT2D eigenvalue weighted by atomic mass is 10.2. The first-order chi connectivity index (χ1) is 11.8. The Morgan fingerprint density at radius 3 is 2.28 bits per heavy atom. The predicted molar refractivity (Wildman–Crippen MR) is 97.4 cm³/mol. The maximum Gasteiger partial charge on any atom is 0.269 e. The van der Waals surface area contributed by atoms with Gasteiger partial charge in [0.15, 0.2) is 0 Å². The summed E-state index contributed by atoms with van der Waals surface area (Å²) in [4.78, 5) is 10.2. The van der Waals surface area contributed by atoms with E-state index in [0.717, 1.165) is 0 Å². The van der Waals surface area contributed by atoms with Gasteiger partial charge in [-0.15, -0.1) is 6.58 Å². The van der Waals surface area contributed by atoms with Gasteiger partial charge in [-0.05, 0) is 23.8 Å². The highest BCUT2D eigenvalue weighted by Gasteiger charge is 2.24. The third-order valence-corrected chi connectivity index (χ3v) is 5.91. The lowest BCUT2D eigenvalue weighted by molar-refractivity contribution is -0.384. The third kappa shape index (κ3) is 4.58. The summed E-state index contributed by atoms with van der Waals surface area (Å²) in [6.45, 7) is 3.68. The molecule has 0 unspecified atom stereocenters. The zero-order chi connectivity index (χ0) is 18.6. The molecule has 0 saturated heterocycles. The van der Waals surface area contributed by atoms with Crippen LogP contribution in [0.2, 0.25) is 10.0 Å². The molecule has 2 aromatic rings. The Labute approximate surface area is 155 Å². The van der Waals surface area contributed by atoms with Crippen molar-refractivity contribution in [1.82, 2.24) is 4.31 Å². The molecule has 2 rings (SSSR count). The molecule has 0 aliphatic heterocycles. The molecular weight excluding hydrogens is 387 g/mol. The van der Waals surface area contributed by atoms with Crippen molar-refractivity contribution in [2.24, 2.45) is 0 Å². The SMILES string of the molecule is C=CCN(Cc1ccc([N+](=O)[O-])cc1)S(=O)(=O)c1ccc(Cl)c(Cl)c1. The number of hydrogen-bond donors (Lipinski definition) is 0. The molecule has 0 radical (unpaired) electrons. The Balaban J connectivity index is 2.33. The van der Waals surface area contributed by atoms with Gasteiger partial charge in [-0.3, -0.25) is 10.1 Å². The van der Waals surface area contributed by atoms with Gasteiger partial charge in [-0.2, -0.15) is 4.31 Å². The van der Waals surface area contributed by atoms with Crippen LogP contribution in [0.5, 0.6) is 0 Å². The summed E-state index contributed by atoms with van der Waals surface area (Å²) < 4.78 is 26.9. The van der Waals surface area contributed by atoms with E-state index in [1.54, 1.807) is 0 Å². The van der Waals surface area contributed by atoms with Crippen LogP contribution < -0.4 is 0 Å². The number of sulfonamides is 1. The average Bonchev–Trinajstić information content (AvgIpc) is 2.57. The maximum absolute atomic E-state index is 12.8. The Morgan fingerprint density at radius 1 is 1.12 bits per heavy atom. The number of nitrogens with zero attached hydrogens (tertiary/aromatic N) is 2. The van der Waals surface area contributed by atoms with Gasteiger partial charge in [0, 0.05) is 25.2 Å². The number of nitro benzene ring substituents is 1. The smallest absolute Gasteiger partial charge is 0.258 e. The van der Waals surface area contributed by atoms with Crippen molar-refractivity contribution < 1.29 is 13.3 Å². The molecule has 6 nitrogen and oxygen atoms in total. The van der Waals surface area contributed by atoms with Crippen LogP contribution in [0.3, 0.4) is 0 Å². The molecule has 9 heteroatoms. The molecule has 2 aromatic carbocycles. The second kappa shape index (κ2) is 7.97. The number of benzene rings is 2. The van der Waals surface area contributed by atoms with Crippen LogP contribution in [0.25, 0.3) is 0 Å². The molecule has 0 N–H and O–H groups in total. The van der Waals surface area contributed by atoms with Crippen LogP contribution >= 0.6 is 23.2 Å². The largest absolute Gasteiger partial charge is 0.269 e. The van der Waals surface area contributed by atoms with Crippen LogP contribution in [-0.4, -0.2) is 24.2 Å². The summed E-state index contributed by atoms with van der Waals surface area (Å²) >= 11 is 11.7. The van der Waals surface area contributed by atoms with E-state index >= 15 is 0 Å². The molecule has 0 aromatic heterocycles. The van der Waals surface area contributed by atoms with Gasteiger partial charge in [-0.25, -0.2) is 8.42 Å². The summed E-state index contributed by atoms with van der Waals surface area (Å²) in [6, 6.07) is 9.74. The van der Waals surface area contributed by atoms with Crippen LogP contribution in [0.4, 0.5) is 5.69 Å². The van der Waals surface area contributed by atoms with E-state index in [1.165, 1.54) is 52.8 Å². The van der Waals surface area contributed by atoms with Crippen molar-refractivity contribution in [1.29, 1.82) is 0 Å². The normalized spacial score (nSPS) is 11.5. The van der Waals surface area contributed by atoms with E-state index in [1.807, 2.05) is 0 Å². The predicted octanol–water partition coefficient (Wildman–Crippen LogP) is 4.28. The molecule has 0 aliphatic carbocycles. The molecule has 0 bridgehead atoms. The number of rotatable bonds is 7. The highest BCUT2D eigenvalue weighted by molar-refractivity contribution is 7.89. The van der Waals surface area contributed by atoms with Crippen LogP contribution in [0, 0.1) is 10.1 Å². The summed E-state index contributed by atoms with van der Waals surface area (Å²) in [5.74, 6) is 0. The Hall–Kier alpha value is -1.93. The van der Waals surface area contributed by atoms with Gasteiger partial charge in [-0.1, -0.05) is 41.4 Å². The first kappa shape index (κ1) is 19.4. The molecule has 0 aliphatic rings. The molecule has 0 heterocycles. The molecule has 0 saturated carbocycles. The van der Waals surface area contributed by atoms with Crippen LogP contribution in [0.1, 0.15) is 5.56 Å². The summed E-state index contributed by atoms with van der Waals surface area (Å²) in [7, 11) is -3.84. The number of hydrogen-bond acceptors (Lipinski definition) is 4. The monoisotopic (exact) mass is 400 g/mol. The van der Waals surface area contributed by atoms with E-state index in [4.69, 9.17) is 23.2 Å². The van der Waals surface area contributed by atoms with Crippen molar-refractivity contribution in [3.63, 3.8) is 0 Å². The lowest BCUT2D eigenvalue weighted by Gasteiger charge is -2.21. The van der Waals surface area contributed by atoms with E-state index in [2.05, 4.69) is 6.58 Å². The van der Waals surface area contributed by atoms with Gasteiger partial charge in [0.2, 0.25) is 10.0 Å². The average molecular weight is 401 g/mol. The van der Waals surface area contributed by atoms with Gasteiger partial charge in [0.25, 0.3) is 5.69 Å². The molecule has 132 valence electrons. The van der Waals surface area contributed by atoms with Gasteiger partial charge in [0.1, 0.15) is 0 Å². The minimum atomic E-state index is -3.84. The van der Waals surface area contributed by atoms with Crippen molar-refractivity contribution in [2.75, 3.05) is 6.54 Å². The minimum Gasteiger partial charge on any atom is -0.258 e. The highest BCUT2D eigenvalue weighted by atomic mass is 35.5. The van der Waals surface area contributed by atoms with Crippen molar-refractivity contribution in [3.8, 4) is 0 Å². The molecule has 0 atom stereocenters. The molecule has 0 fully saturated rings. The van der Waals surface area contributed by atoms with Gasteiger partial charge < -0.3 is 0 Å². The number of nitro groups is 1. The Bertz CT molecular complexity index is 899. The fraction of sp³-hybridized carbons (Fsp3) is 0.125. The van der Waals surface area contributed by atoms with E-state index < -0.39 is 14.9 Å². The van der Waals surface area contributed by atoms with E-state index in [9.17, 15) is 18.5 Å². The highest BCUT2D eigenvalue weighted by Crippen LogP contribution is 2.27. The van der Waals surface area contributed by atoms with Crippen molar-refractivity contribution in [2.45, 2.75) is 11.4 Å². The maximum atomic E-state index is 12.8. The van der Waals surface area contributed by atoms with Crippen molar-refractivity contribution in [3.05, 3.63) is 80.8 Å². The van der Waals surface area contributed by atoms with Gasteiger partial charge in [0.05, 0.1) is 19.9 Å². The second-order valence-electron chi connectivity index (χ2n) is 5.09. The molecule has 25 heavy (non-hydrogen) atoms. The van der Waals surface area contributed by atoms with Crippen molar-refractivity contribution >= 4 is 38.9 Å². The first-order valence-corrected chi connectivity index (χ1v) is 9.24. The quantitative estimate of drug-likeness (QED) is 0.394. The lowest BCUT2D eigenvalue weighted by Crippen LogP contribution is -2.30. The van der Waals surface area contributed by atoms with E-state index in [0.29, 0.717) is 5.56 Å². The second-order valence-corrected chi connectivity index (χ2v) is 7.84. The fourth-order valence-electron chi connectivity index (χ4n) is 2.10. The van der Waals surface area contributed by atoms with Crippen LogP contribution in [0.15, 0.2) is 60.0 Å². The Kier molecular flexibility index (Phi) is 6.18. The Morgan fingerprint density at radius 2 is 1.76 bits per heavy atom. The number of non-ortho nitro benzene ring substituents is 1. The topological polar surface area (TPSA) is 80.5 Å². The van der Waals surface area contributed by atoms with Gasteiger partial charge >= 0.3 is 0 Å². The summed E-state index contributed by atoms with van der Waals surface area (Å²) in [6.07, 6.45) is 1.46. The molecule has 0 amide bonds. The minimum absolute atomic E-state index is 0.00524. The fourth-order valence-corrected chi connectivity index (χ4v) is 3.89. The zero-order valence-electron chi connectivity index (χ0n) is 12.9.